The monoisotopic (exact) mass is 439 g/mol. The van der Waals surface area contributed by atoms with Gasteiger partial charge in [-0.15, -0.1) is 0 Å². The van der Waals surface area contributed by atoms with Crippen molar-refractivity contribution in [3.8, 4) is 0 Å². The lowest BCUT2D eigenvalue weighted by Crippen LogP contribution is -2.99. The van der Waals surface area contributed by atoms with Crippen molar-refractivity contribution in [1.82, 2.24) is 4.90 Å². The highest BCUT2D eigenvalue weighted by Crippen LogP contribution is 2.60. The molecule has 4 aliphatic carbocycles. The van der Waals surface area contributed by atoms with Crippen molar-refractivity contribution in [2.75, 3.05) is 0 Å². The molecule has 2 aromatic rings. The summed E-state index contributed by atoms with van der Waals surface area (Å²) in [5, 5.41) is 25.1. The van der Waals surface area contributed by atoms with Crippen molar-refractivity contribution in [2.45, 2.75) is 50.3 Å². The van der Waals surface area contributed by atoms with E-state index in [0.29, 0.717) is 0 Å². The number of halogens is 1. The highest BCUT2D eigenvalue weighted by molar-refractivity contribution is 6.32. The van der Waals surface area contributed by atoms with E-state index in [-0.39, 0.29) is 16.2 Å². The highest BCUT2D eigenvalue weighted by atomic mass is 35.5. The van der Waals surface area contributed by atoms with Crippen molar-refractivity contribution >= 4 is 23.1 Å². The number of benzene rings is 2. The fourth-order valence-corrected chi connectivity index (χ4v) is 7.18. The first-order chi connectivity index (χ1) is 15.0. The summed E-state index contributed by atoms with van der Waals surface area (Å²) in [6, 6.07) is 15.4. The second-order valence-electron chi connectivity index (χ2n) is 9.80. The summed E-state index contributed by atoms with van der Waals surface area (Å²) in [6.45, 7) is 0. The van der Waals surface area contributed by atoms with Gasteiger partial charge in [0, 0.05) is 22.7 Å². The molecule has 31 heavy (non-hydrogen) atoms. The number of quaternary nitrogens is 1. The SMILES string of the molecule is [O-][NH+](O)c1cc(C2ON=C(c3ccccc3)N2C23CC4CC(CC(C4)C2)C3)ccc1Cl. The Morgan fingerprint density at radius 3 is 2.29 bits per heavy atom. The lowest BCUT2D eigenvalue weighted by Gasteiger charge is -2.60. The summed E-state index contributed by atoms with van der Waals surface area (Å²) in [6.07, 6.45) is 7.07. The van der Waals surface area contributed by atoms with Gasteiger partial charge in [-0.3, -0.25) is 0 Å². The fraction of sp³-hybridized carbons (Fsp3) is 0.458. The maximum atomic E-state index is 11.7. The Morgan fingerprint density at radius 2 is 1.68 bits per heavy atom. The van der Waals surface area contributed by atoms with Crippen molar-refractivity contribution < 1.29 is 15.3 Å². The van der Waals surface area contributed by atoms with Gasteiger partial charge < -0.3 is 14.9 Å². The van der Waals surface area contributed by atoms with Gasteiger partial charge in [0.15, 0.2) is 11.5 Å². The average Bonchev–Trinajstić information content (AvgIpc) is 3.20. The molecule has 2 aromatic carbocycles. The van der Waals surface area contributed by atoms with Crippen LogP contribution < -0.4 is 5.23 Å². The van der Waals surface area contributed by atoms with Crippen molar-refractivity contribution in [1.29, 1.82) is 0 Å². The van der Waals surface area contributed by atoms with Crippen LogP contribution in [-0.2, 0) is 4.84 Å². The third kappa shape index (κ3) is 3.16. The van der Waals surface area contributed by atoms with E-state index in [1.165, 1.54) is 19.3 Å². The lowest BCUT2D eigenvalue weighted by molar-refractivity contribution is -0.991. The van der Waals surface area contributed by atoms with Crippen LogP contribution in [0.2, 0.25) is 5.02 Å². The van der Waals surface area contributed by atoms with E-state index < -0.39 is 11.5 Å². The van der Waals surface area contributed by atoms with Crippen LogP contribution in [0, 0.1) is 23.0 Å². The third-order valence-electron chi connectivity index (χ3n) is 7.76. The van der Waals surface area contributed by atoms with Crippen LogP contribution in [0.3, 0.4) is 0 Å². The molecule has 5 aliphatic rings. The fourth-order valence-electron chi connectivity index (χ4n) is 6.98. The summed E-state index contributed by atoms with van der Waals surface area (Å²) in [4.78, 5) is 8.45. The minimum Gasteiger partial charge on any atom is -0.595 e. The van der Waals surface area contributed by atoms with Gasteiger partial charge in [-0.25, -0.2) is 5.21 Å². The van der Waals surface area contributed by atoms with Gasteiger partial charge in [0.25, 0.3) is 0 Å². The minimum atomic E-state index is -1.03. The van der Waals surface area contributed by atoms with E-state index in [1.54, 1.807) is 12.1 Å². The minimum absolute atomic E-state index is 0.00755. The molecule has 1 aliphatic heterocycles. The average molecular weight is 440 g/mol. The summed E-state index contributed by atoms with van der Waals surface area (Å²) < 4.78 is 0. The number of amidine groups is 1. The standard InChI is InChI=1S/C24H26ClN3O3/c25-20-7-6-19(11-21(20)28(29)30)23-27(22(26-31-23)18-4-2-1-3-5-18)24-12-15-8-16(13-24)10-17(9-15)14-24/h1-7,11,15-17,23,28-29H,8-10,12-14H2. The molecule has 0 radical (unpaired) electrons. The summed E-state index contributed by atoms with van der Waals surface area (Å²) in [5.74, 6) is 3.16. The zero-order chi connectivity index (χ0) is 21.2. The van der Waals surface area contributed by atoms with Gasteiger partial charge in [-0.2, -0.15) is 5.23 Å². The van der Waals surface area contributed by atoms with Crippen LogP contribution in [0.25, 0.3) is 0 Å². The zero-order valence-electron chi connectivity index (χ0n) is 17.2. The molecule has 0 spiro atoms. The van der Waals surface area contributed by atoms with E-state index in [9.17, 15) is 10.4 Å². The summed E-state index contributed by atoms with van der Waals surface area (Å²) in [5.41, 5.74) is 1.93. The Balaban J connectivity index is 1.45. The van der Waals surface area contributed by atoms with E-state index in [1.807, 2.05) is 24.3 Å². The maximum absolute atomic E-state index is 11.7. The van der Waals surface area contributed by atoms with Gasteiger partial charge in [-0.1, -0.05) is 53.2 Å². The van der Waals surface area contributed by atoms with Gasteiger partial charge in [0.05, 0.1) is 0 Å². The Bertz CT molecular complexity index is 991. The van der Waals surface area contributed by atoms with E-state index in [4.69, 9.17) is 16.4 Å². The molecular weight excluding hydrogens is 414 g/mol. The Labute approximate surface area is 186 Å². The first-order valence-corrected chi connectivity index (χ1v) is 11.5. The molecule has 4 saturated carbocycles. The first-order valence-electron chi connectivity index (χ1n) is 11.1. The smallest absolute Gasteiger partial charge is 0.228 e. The van der Waals surface area contributed by atoms with Crippen LogP contribution in [0.4, 0.5) is 5.69 Å². The Hall–Kier alpha value is -2.12. The molecule has 2 N–H and O–H groups in total. The summed E-state index contributed by atoms with van der Waals surface area (Å²) in [7, 11) is 0. The van der Waals surface area contributed by atoms with Gasteiger partial charge >= 0.3 is 0 Å². The molecule has 7 heteroatoms. The molecule has 2 atom stereocenters. The van der Waals surface area contributed by atoms with Crippen LogP contribution in [0.15, 0.2) is 53.7 Å². The molecule has 2 unspecified atom stereocenters. The number of hydrogen-bond donors (Lipinski definition) is 2. The van der Waals surface area contributed by atoms with E-state index in [0.717, 1.165) is 54.0 Å². The zero-order valence-corrected chi connectivity index (χ0v) is 18.0. The van der Waals surface area contributed by atoms with Crippen molar-refractivity contribution in [3.63, 3.8) is 0 Å². The molecule has 162 valence electrons. The molecule has 0 amide bonds. The van der Waals surface area contributed by atoms with Crippen LogP contribution in [-0.4, -0.2) is 21.5 Å². The van der Waals surface area contributed by atoms with Gasteiger partial charge in [-0.05, 0) is 62.3 Å². The molecule has 4 bridgehead atoms. The molecule has 0 aromatic heterocycles. The van der Waals surface area contributed by atoms with Crippen LogP contribution >= 0.6 is 11.6 Å². The lowest BCUT2D eigenvalue weighted by atomic mass is 9.52. The predicted octanol–water partition coefficient (Wildman–Crippen LogP) is 4.40. The topological polar surface area (TPSA) is 72.6 Å². The summed E-state index contributed by atoms with van der Waals surface area (Å²) >= 11 is 6.15. The Morgan fingerprint density at radius 1 is 1.03 bits per heavy atom. The molecule has 0 saturated heterocycles. The third-order valence-corrected chi connectivity index (χ3v) is 8.09. The highest BCUT2D eigenvalue weighted by Gasteiger charge is 2.57. The second kappa shape index (κ2) is 7.20. The Kier molecular flexibility index (Phi) is 4.54. The maximum Gasteiger partial charge on any atom is 0.228 e. The second-order valence-corrected chi connectivity index (χ2v) is 10.2. The molecule has 6 nitrogen and oxygen atoms in total. The number of hydrogen-bond acceptors (Lipinski definition) is 5. The quantitative estimate of drug-likeness (QED) is 0.692. The molecular formula is C24H26ClN3O3. The van der Waals surface area contributed by atoms with Gasteiger partial charge in [0.1, 0.15) is 5.02 Å². The molecule has 4 fully saturated rings. The van der Waals surface area contributed by atoms with Crippen LogP contribution in [0.1, 0.15) is 55.9 Å². The number of oxime groups is 1. The van der Waals surface area contributed by atoms with Crippen molar-refractivity contribution in [2.24, 2.45) is 22.9 Å². The van der Waals surface area contributed by atoms with Crippen LogP contribution in [0.5, 0.6) is 0 Å². The van der Waals surface area contributed by atoms with Gasteiger partial charge in [0.2, 0.25) is 6.23 Å². The normalized spacial score (nSPS) is 34.5. The number of nitrogens with zero attached hydrogens (tertiary/aromatic N) is 2. The van der Waals surface area contributed by atoms with Crippen molar-refractivity contribution in [3.05, 3.63) is 69.9 Å². The molecule has 1 heterocycles. The molecule has 7 rings (SSSR count). The number of rotatable bonds is 4. The largest absolute Gasteiger partial charge is 0.595 e. The van der Waals surface area contributed by atoms with E-state index >= 15 is 0 Å². The predicted molar refractivity (Wildman–Crippen MR) is 117 cm³/mol. The number of nitrogens with one attached hydrogen (secondary N) is 1. The first kappa shape index (κ1) is 19.6. The van der Waals surface area contributed by atoms with E-state index in [2.05, 4.69) is 22.2 Å².